The molecule has 0 aliphatic carbocycles. The summed E-state index contributed by atoms with van der Waals surface area (Å²) in [6.45, 7) is 0.614. The minimum atomic E-state index is -0.871. The van der Waals surface area contributed by atoms with Gasteiger partial charge in [-0.2, -0.15) is 4.98 Å². The lowest BCUT2D eigenvalue weighted by Crippen LogP contribution is -2.22. The van der Waals surface area contributed by atoms with Gasteiger partial charge in [0.1, 0.15) is 18.9 Å². The van der Waals surface area contributed by atoms with Crippen LogP contribution in [0.5, 0.6) is 11.8 Å². The van der Waals surface area contributed by atoms with Crippen molar-refractivity contribution < 1.29 is 24.2 Å². The Bertz CT molecular complexity index is 2030. The number of nitrogens with zero attached hydrogens (tertiary/aromatic N) is 2. The number of carbonyl (C=O) groups excluding carboxylic acids is 1. The number of hydrogen-bond donors (Lipinski definition) is 1. The number of anilines is 2. The Labute approximate surface area is 259 Å². The molecule has 0 unspecified atom stereocenters. The molecule has 0 fully saturated rings. The van der Waals surface area contributed by atoms with Crippen molar-refractivity contribution in [2.75, 3.05) is 4.90 Å². The Kier molecular flexibility index (Phi) is 7.41. The van der Waals surface area contributed by atoms with Crippen LogP contribution in [0, 0.1) is 0 Å². The van der Waals surface area contributed by atoms with E-state index >= 15 is 0 Å². The van der Waals surface area contributed by atoms with E-state index in [9.17, 15) is 9.59 Å². The molecule has 0 saturated heterocycles. The van der Waals surface area contributed by atoms with Gasteiger partial charge < -0.3 is 14.6 Å². The zero-order valence-electron chi connectivity index (χ0n) is 24.2. The van der Waals surface area contributed by atoms with Crippen LogP contribution in [0.4, 0.5) is 11.4 Å². The molecule has 1 N–H and O–H groups in total. The molecule has 0 radical (unpaired) electrons. The molecule has 6 aromatic rings. The number of aromatic nitrogens is 1. The Morgan fingerprint density at radius 1 is 0.644 bits per heavy atom. The molecule has 7 heteroatoms. The summed E-state index contributed by atoms with van der Waals surface area (Å²) in [5.74, 6) is -0.364. The lowest BCUT2D eigenvalue weighted by molar-refractivity contribution is -0.136. The lowest BCUT2D eigenvalue weighted by atomic mass is 9.95. The molecule has 45 heavy (non-hydrogen) atoms. The Morgan fingerprint density at radius 3 is 2.00 bits per heavy atom. The third-order valence-corrected chi connectivity index (χ3v) is 7.82. The molecule has 0 atom stereocenters. The second-order valence-electron chi connectivity index (χ2n) is 10.8. The molecule has 7 rings (SSSR count). The maximum Gasteiger partial charge on any atom is 0.307 e. The zero-order chi connectivity index (χ0) is 30.8. The van der Waals surface area contributed by atoms with Crippen molar-refractivity contribution in [2.45, 2.75) is 19.6 Å². The summed E-state index contributed by atoms with van der Waals surface area (Å²) in [5.41, 5.74) is 6.45. The SMILES string of the molecule is O=C(O)Cc1ccc(-c2ccc3c4c(cccc24)C(=O)N3c2ccc(OCc3ccccc3)nc2OCc2ccccc2)cc1. The number of rotatable bonds is 10. The van der Waals surface area contributed by atoms with E-state index in [1.54, 1.807) is 11.0 Å². The molecular formula is C38H28N2O5. The number of carbonyl (C=O) groups is 2. The number of carboxylic acid groups (broad SMARTS) is 1. The standard InChI is InChI=1S/C38H28N2O5/c41-35(42)22-25-14-16-28(17-15-25)29-18-19-32-36-30(29)12-7-13-31(36)38(43)40(32)33-20-21-34(44-23-26-8-3-1-4-9-26)39-37(33)45-24-27-10-5-2-6-11-27/h1-21H,22-24H2,(H,41,42). The van der Waals surface area contributed by atoms with E-state index in [0.717, 1.165) is 44.3 Å². The second kappa shape index (κ2) is 12.0. The van der Waals surface area contributed by atoms with E-state index in [0.29, 0.717) is 23.7 Å². The normalized spacial score (nSPS) is 12.0. The van der Waals surface area contributed by atoms with E-state index in [2.05, 4.69) is 0 Å². The first-order valence-corrected chi connectivity index (χ1v) is 14.6. The minimum absolute atomic E-state index is 0.0353. The fraction of sp³-hybridized carbons (Fsp3) is 0.0789. The van der Waals surface area contributed by atoms with Crippen molar-refractivity contribution in [1.29, 1.82) is 0 Å². The first-order valence-electron chi connectivity index (χ1n) is 14.6. The van der Waals surface area contributed by atoms with Crippen LogP contribution in [0.3, 0.4) is 0 Å². The summed E-state index contributed by atoms with van der Waals surface area (Å²) in [5, 5.41) is 10.9. The highest BCUT2D eigenvalue weighted by Crippen LogP contribution is 2.47. The monoisotopic (exact) mass is 592 g/mol. The maximum absolute atomic E-state index is 14.1. The van der Waals surface area contributed by atoms with Gasteiger partial charge in [-0.15, -0.1) is 0 Å². The van der Waals surface area contributed by atoms with Crippen molar-refractivity contribution >= 4 is 34.0 Å². The van der Waals surface area contributed by atoms with Gasteiger partial charge in [0.25, 0.3) is 5.91 Å². The van der Waals surface area contributed by atoms with Gasteiger partial charge in [0.15, 0.2) is 0 Å². The molecule has 1 aliphatic rings. The lowest BCUT2D eigenvalue weighted by Gasteiger charge is -2.21. The number of hydrogen-bond acceptors (Lipinski definition) is 5. The van der Waals surface area contributed by atoms with Crippen molar-refractivity contribution in [1.82, 2.24) is 4.98 Å². The highest BCUT2D eigenvalue weighted by Gasteiger charge is 2.34. The van der Waals surface area contributed by atoms with E-state index in [1.165, 1.54) is 0 Å². The first-order chi connectivity index (χ1) is 22.0. The minimum Gasteiger partial charge on any atom is -0.481 e. The molecule has 5 aromatic carbocycles. The van der Waals surface area contributed by atoms with Crippen molar-refractivity contribution in [3.8, 4) is 22.9 Å². The Balaban J connectivity index is 1.26. The molecular weight excluding hydrogens is 564 g/mol. The summed E-state index contributed by atoms with van der Waals surface area (Å²) in [7, 11) is 0. The van der Waals surface area contributed by atoms with Gasteiger partial charge in [-0.1, -0.05) is 103 Å². The van der Waals surface area contributed by atoms with Gasteiger partial charge in [0.05, 0.1) is 17.7 Å². The van der Waals surface area contributed by atoms with Gasteiger partial charge in [0.2, 0.25) is 11.8 Å². The third-order valence-electron chi connectivity index (χ3n) is 7.82. The van der Waals surface area contributed by atoms with Crippen LogP contribution in [0.1, 0.15) is 27.0 Å². The second-order valence-corrected chi connectivity index (χ2v) is 10.8. The number of ether oxygens (including phenoxy) is 2. The topological polar surface area (TPSA) is 89.0 Å². The Morgan fingerprint density at radius 2 is 1.31 bits per heavy atom. The van der Waals surface area contributed by atoms with E-state index in [4.69, 9.17) is 19.6 Å². The molecule has 220 valence electrons. The Hall–Kier alpha value is -5.95. The molecule has 1 aliphatic heterocycles. The molecule has 7 nitrogen and oxygen atoms in total. The van der Waals surface area contributed by atoms with Crippen molar-refractivity contribution in [3.05, 3.63) is 150 Å². The van der Waals surface area contributed by atoms with Crippen LogP contribution in [0.15, 0.2) is 127 Å². The first kappa shape index (κ1) is 27.9. The van der Waals surface area contributed by atoms with Crippen LogP contribution >= 0.6 is 0 Å². The third kappa shape index (κ3) is 5.59. The molecule has 0 spiro atoms. The van der Waals surface area contributed by atoms with Crippen LogP contribution in [-0.2, 0) is 24.4 Å². The highest BCUT2D eigenvalue weighted by molar-refractivity contribution is 6.29. The molecule has 1 aromatic heterocycles. The van der Waals surface area contributed by atoms with Crippen LogP contribution in [-0.4, -0.2) is 22.0 Å². The average molecular weight is 593 g/mol. The van der Waals surface area contributed by atoms with Crippen LogP contribution in [0.25, 0.3) is 21.9 Å². The summed E-state index contributed by atoms with van der Waals surface area (Å²) in [6.07, 6.45) is -0.0353. The highest BCUT2D eigenvalue weighted by atomic mass is 16.5. The maximum atomic E-state index is 14.1. The number of benzene rings is 5. The largest absolute Gasteiger partial charge is 0.481 e. The zero-order valence-corrected chi connectivity index (χ0v) is 24.2. The van der Waals surface area contributed by atoms with Gasteiger partial charge in [-0.05, 0) is 51.4 Å². The van der Waals surface area contributed by atoms with Gasteiger partial charge in [-0.25, -0.2) is 0 Å². The van der Waals surface area contributed by atoms with Gasteiger partial charge in [-0.3, -0.25) is 14.5 Å². The fourth-order valence-electron chi connectivity index (χ4n) is 5.68. The number of amides is 1. The molecule has 1 amide bonds. The summed E-state index contributed by atoms with van der Waals surface area (Å²) in [6, 6.07) is 40.4. The van der Waals surface area contributed by atoms with Crippen LogP contribution in [0.2, 0.25) is 0 Å². The quantitative estimate of drug-likeness (QED) is 0.174. The smallest absolute Gasteiger partial charge is 0.307 e. The molecule has 0 bridgehead atoms. The van der Waals surface area contributed by atoms with Crippen molar-refractivity contribution in [3.63, 3.8) is 0 Å². The fourth-order valence-corrected chi connectivity index (χ4v) is 5.68. The summed E-state index contributed by atoms with van der Waals surface area (Å²) in [4.78, 5) is 31.6. The van der Waals surface area contributed by atoms with E-state index in [1.807, 2.05) is 121 Å². The average Bonchev–Trinajstić information content (AvgIpc) is 3.36. The van der Waals surface area contributed by atoms with Crippen LogP contribution < -0.4 is 14.4 Å². The van der Waals surface area contributed by atoms with E-state index < -0.39 is 5.97 Å². The summed E-state index contributed by atoms with van der Waals surface area (Å²) < 4.78 is 12.3. The van der Waals surface area contributed by atoms with Gasteiger partial charge >= 0.3 is 5.97 Å². The number of carboxylic acids is 1. The predicted octanol–water partition coefficient (Wildman–Crippen LogP) is 7.98. The molecule has 0 saturated carbocycles. The van der Waals surface area contributed by atoms with Crippen molar-refractivity contribution in [2.24, 2.45) is 0 Å². The number of aliphatic carboxylic acids is 1. The predicted molar refractivity (Wildman–Crippen MR) is 173 cm³/mol. The molecule has 2 heterocycles. The summed E-state index contributed by atoms with van der Waals surface area (Å²) >= 11 is 0. The van der Waals surface area contributed by atoms with Gasteiger partial charge in [0, 0.05) is 11.5 Å². The van der Waals surface area contributed by atoms with E-state index in [-0.39, 0.29) is 24.8 Å². The number of pyridine rings is 1.